The van der Waals surface area contributed by atoms with Crippen molar-refractivity contribution in [1.82, 2.24) is 0 Å². The first-order valence-electron chi connectivity index (χ1n) is 6.00. The molecular weight excluding hydrogens is 292 g/mol. The highest BCUT2D eigenvalue weighted by Crippen LogP contribution is 2.29. The molecule has 0 atom stereocenters. The molecule has 0 spiro atoms. The Morgan fingerprint density at radius 2 is 1.95 bits per heavy atom. The number of thioether (sulfide) groups is 1. The first-order chi connectivity index (χ1) is 9.61. The van der Waals surface area contributed by atoms with Crippen LogP contribution in [-0.2, 0) is 6.61 Å². The van der Waals surface area contributed by atoms with Crippen molar-refractivity contribution in [3.05, 3.63) is 58.6 Å². The van der Waals surface area contributed by atoms with Crippen molar-refractivity contribution in [2.75, 3.05) is 6.26 Å². The first kappa shape index (κ1) is 14.8. The van der Waals surface area contributed by atoms with Crippen LogP contribution in [0.1, 0.15) is 11.1 Å². The van der Waals surface area contributed by atoms with Gasteiger partial charge in [0.05, 0.1) is 5.56 Å². The summed E-state index contributed by atoms with van der Waals surface area (Å²) in [5.41, 5.74) is 7.31. The van der Waals surface area contributed by atoms with Gasteiger partial charge in [-0.25, -0.2) is 0 Å². The fourth-order valence-corrected chi connectivity index (χ4v) is 2.56. The van der Waals surface area contributed by atoms with Crippen LogP contribution < -0.4 is 10.5 Å². The van der Waals surface area contributed by atoms with Gasteiger partial charge >= 0.3 is 0 Å². The number of rotatable bonds is 5. The standard InChI is InChI=1S/C15H15ClN2OS/c1-20-13-4-2-3-12(14(13)15(17)18)19-9-10-5-7-11(16)8-6-10/h2-8H,9H2,1H3,(H3,17,18). The highest BCUT2D eigenvalue weighted by atomic mass is 35.5. The molecule has 104 valence electrons. The van der Waals surface area contributed by atoms with Gasteiger partial charge in [0.1, 0.15) is 18.2 Å². The highest BCUT2D eigenvalue weighted by Gasteiger charge is 2.12. The summed E-state index contributed by atoms with van der Waals surface area (Å²) in [6.07, 6.45) is 1.95. The normalized spacial score (nSPS) is 10.3. The van der Waals surface area contributed by atoms with Gasteiger partial charge in [0, 0.05) is 9.92 Å². The lowest BCUT2D eigenvalue weighted by molar-refractivity contribution is 0.305. The smallest absolute Gasteiger partial charge is 0.131 e. The van der Waals surface area contributed by atoms with E-state index >= 15 is 0 Å². The van der Waals surface area contributed by atoms with Crippen LogP contribution in [0.25, 0.3) is 0 Å². The van der Waals surface area contributed by atoms with E-state index in [0.717, 1.165) is 10.5 Å². The van der Waals surface area contributed by atoms with E-state index in [9.17, 15) is 0 Å². The number of hydrogen-bond donors (Lipinski definition) is 2. The van der Waals surface area contributed by atoms with Crippen LogP contribution in [0.3, 0.4) is 0 Å². The summed E-state index contributed by atoms with van der Waals surface area (Å²) in [5, 5.41) is 8.40. The van der Waals surface area contributed by atoms with Gasteiger partial charge in [-0.1, -0.05) is 29.8 Å². The number of nitrogens with one attached hydrogen (secondary N) is 1. The molecule has 0 amide bonds. The Hall–Kier alpha value is -1.65. The molecule has 0 aliphatic rings. The zero-order chi connectivity index (χ0) is 14.5. The molecule has 5 heteroatoms. The van der Waals surface area contributed by atoms with Crippen molar-refractivity contribution in [3.8, 4) is 5.75 Å². The Kier molecular flexibility index (Phi) is 4.93. The fraction of sp³-hybridized carbons (Fsp3) is 0.133. The average molecular weight is 307 g/mol. The maximum atomic E-state index is 7.70. The Morgan fingerprint density at radius 1 is 1.25 bits per heavy atom. The van der Waals surface area contributed by atoms with Crippen molar-refractivity contribution < 1.29 is 4.74 Å². The van der Waals surface area contributed by atoms with E-state index in [2.05, 4.69) is 0 Å². The summed E-state index contributed by atoms with van der Waals surface area (Å²) >= 11 is 7.39. The largest absolute Gasteiger partial charge is 0.488 e. The molecule has 0 fully saturated rings. The van der Waals surface area contributed by atoms with Gasteiger partial charge in [0.25, 0.3) is 0 Å². The quantitative estimate of drug-likeness (QED) is 0.500. The predicted molar refractivity (Wildman–Crippen MR) is 85.0 cm³/mol. The molecule has 2 rings (SSSR count). The molecule has 0 unspecified atom stereocenters. The average Bonchev–Trinajstić information content (AvgIpc) is 2.46. The summed E-state index contributed by atoms with van der Waals surface area (Å²) in [7, 11) is 0. The monoisotopic (exact) mass is 306 g/mol. The highest BCUT2D eigenvalue weighted by molar-refractivity contribution is 7.98. The number of benzene rings is 2. The number of nitrogens with two attached hydrogens (primary N) is 1. The third kappa shape index (κ3) is 3.46. The molecular formula is C15H15ClN2OS. The summed E-state index contributed by atoms with van der Waals surface area (Å²) in [6.45, 7) is 0.412. The molecule has 0 saturated carbocycles. The molecule has 0 heterocycles. The zero-order valence-corrected chi connectivity index (χ0v) is 12.6. The van der Waals surface area contributed by atoms with Gasteiger partial charge in [-0.3, -0.25) is 5.41 Å². The number of ether oxygens (including phenoxy) is 1. The number of hydrogen-bond acceptors (Lipinski definition) is 3. The van der Waals surface area contributed by atoms with Crippen LogP contribution in [0.2, 0.25) is 5.02 Å². The van der Waals surface area contributed by atoms with Crippen molar-refractivity contribution in [2.24, 2.45) is 5.73 Å². The van der Waals surface area contributed by atoms with Gasteiger partial charge in [0.15, 0.2) is 0 Å². The Labute approximate surface area is 127 Å². The second-order valence-electron chi connectivity index (χ2n) is 4.16. The van der Waals surface area contributed by atoms with E-state index in [-0.39, 0.29) is 5.84 Å². The SMILES string of the molecule is CSc1cccc(OCc2ccc(Cl)cc2)c1C(=N)N. The molecule has 3 nitrogen and oxygen atoms in total. The van der Waals surface area contributed by atoms with Crippen LogP contribution in [0.5, 0.6) is 5.75 Å². The van der Waals surface area contributed by atoms with Gasteiger partial charge in [0.2, 0.25) is 0 Å². The lowest BCUT2D eigenvalue weighted by Gasteiger charge is -2.13. The summed E-state index contributed by atoms with van der Waals surface area (Å²) in [5.74, 6) is 0.639. The minimum Gasteiger partial charge on any atom is -0.488 e. The first-order valence-corrected chi connectivity index (χ1v) is 7.60. The summed E-state index contributed by atoms with van der Waals surface area (Å²) < 4.78 is 5.79. The lowest BCUT2D eigenvalue weighted by atomic mass is 10.2. The molecule has 0 aliphatic carbocycles. The second-order valence-corrected chi connectivity index (χ2v) is 5.45. The minimum absolute atomic E-state index is 0.0149. The fourth-order valence-electron chi connectivity index (χ4n) is 1.81. The van der Waals surface area contributed by atoms with Gasteiger partial charge in [-0.15, -0.1) is 11.8 Å². The van der Waals surface area contributed by atoms with Crippen LogP contribution in [0.4, 0.5) is 0 Å². The van der Waals surface area contributed by atoms with E-state index in [1.54, 1.807) is 11.8 Å². The van der Waals surface area contributed by atoms with Crippen LogP contribution in [0, 0.1) is 5.41 Å². The molecule has 2 aromatic rings. The van der Waals surface area contributed by atoms with E-state index in [0.29, 0.717) is 22.9 Å². The molecule has 0 bridgehead atoms. The maximum absolute atomic E-state index is 7.70. The molecule has 0 aliphatic heterocycles. The van der Waals surface area contributed by atoms with Crippen LogP contribution in [-0.4, -0.2) is 12.1 Å². The molecule has 2 aromatic carbocycles. The number of nitrogen functional groups attached to an aromatic ring is 1. The molecule has 0 aromatic heterocycles. The number of amidine groups is 1. The Morgan fingerprint density at radius 3 is 2.55 bits per heavy atom. The lowest BCUT2D eigenvalue weighted by Crippen LogP contribution is -2.14. The van der Waals surface area contributed by atoms with Crippen molar-refractivity contribution >= 4 is 29.2 Å². The zero-order valence-electron chi connectivity index (χ0n) is 11.0. The minimum atomic E-state index is 0.0149. The van der Waals surface area contributed by atoms with Crippen LogP contribution >= 0.6 is 23.4 Å². The second kappa shape index (κ2) is 6.68. The van der Waals surface area contributed by atoms with Crippen LogP contribution in [0.15, 0.2) is 47.4 Å². The van der Waals surface area contributed by atoms with Crippen molar-refractivity contribution in [2.45, 2.75) is 11.5 Å². The summed E-state index contributed by atoms with van der Waals surface area (Å²) in [4.78, 5) is 0.936. The van der Waals surface area contributed by atoms with Crippen molar-refractivity contribution in [3.63, 3.8) is 0 Å². The molecule has 0 radical (unpaired) electrons. The Balaban J connectivity index is 2.21. The number of halogens is 1. The maximum Gasteiger partial charge on any atom is 0.131 e. The Bertz CT molecular complexity index is 614. The van der Waals surface area contributed by atoms with Gasteiger partial charge in [-0.05, 0) is 36.1 Å². The molecule has 3 N–H and O–H groups in total. The third-order valence-electron chi connectivity index (χ3n) is 2.78. The summed E-state index contributed by atoms with van der Waals surface area (Å²) in [6, 6.07) is 13.1. The van der Waals surface area contributed by atoms with E-state index < -0.39 is 0 Å². The van der Waals surface area contributed by atoms with Crippen molar-refractivity contribution in [1.29, 1.82) is 5.41 Å². The van der Waals surface area contributed by atoms with E-state index in [1.165, 1.54) is 0 Å². The van der Waals surface area contributed by atoms with E-state index in [4.69, 9.17) is 27.5 Å². The molecule has 20 heavy (non-hydrogen) atoms. The molecule has 0 saturated heterocycles. The van der Waals surface area contributed by atoms with Gasteiger partial charge < -0.3 is 10.5 Å². The van der Waals surface area contributed by atoms with Gasteiger partial charge in [-0.2, -0.15) is 0 Å². The predicted octanol–water partition coefficient (Wildman–Crippen LogP) is 3.92. The topological polar surface area (TPSA) is 59.1 Å². The van der Waals surface area contributed by atoms with E-state index in [1.807, 2.05) is 48.7 Å². The third-order valence-corrected chi connectivity index (χ3v) is 3.82.